The normalized spacial score (nSPS) is 12.0. The van der Waals surface area contributed by atoms with E-state index in [1.807, 2.05) is 35.7 Å². The highest BCUT2D eigenvalue weighted by molar-refractivity contribution is 7.10. The van der Waals surface area contributed by atoms with Crippen LogP contribution >= 0.6 is 11.3 Å². The molecular weight excluding hydrogens is 360 g/mol. The summed E-state index contributed by atoms with van der Waals surface area (Å²) in [6.45, 7) is 2.48. The fraction of sp³-hybridized carbons (Fsp3) is 0.316. The number of nitrogens with zero attached hydrogens (tertiary/aromatic N) is 6. The van der Waals surface area contributed by atoms with Crippen LogP contribution in [0.25, 0.3) is 6.08 Å². The molecule has 27 heavy (non-hydrogen) atoms. The van der Waals surface area contributed by atoms with E-state index in [9.17, 15) is 0 Å². The van der Waals surface area contributed by atoms with E-state index in [1.54, 1.807) is 23.1 Å². The Labute approximate surface area is 162 Å². The highest BCUT2D eigenvalue weighted by Crippen LogP contribution is 2.14. The monoisotopic (exact) mass is 382 g/mol. The number of unbranched alkanes of at least 4 members (excludes halogenated alkanes) is 2. The highest BCUT2D eigenvalue weighted by atomic mass is 32.1. The molecule has 0 N–H and O–H groups in total. The second kappa shape index (κ2) is 9.72. The molecule has 2 aromatic heterocycles. The molecule has 0 atom stereocenters. The van der Waals surface area contributed by atoms with E-state index in [-0.39, 0.29) is 0 Å². The third-order valence-electron chi connectivity index (χ3n) is 3.80. The largest absolute Gasteiger partial charge is 0.389 e. The minimum atomic E-state index is 0.293. The van der Waals surface area contributed by atoms with Gasteiger partial charge in [-0.2, -0.15) is 0 Å². The third-order valence-corrected chi connectivity index (χ3v) is 4.66. The number of oxime groups is 1. The first-order chi connectivity index (χ1) is 13.3. The van der Waals surface area contributed by atoms with Crippen molar-refractivity contribution in [1.82, 2.24) is 25.2 Å². The van der Waals surface area contributed by atoms with Crippen LogP contribution in [0, 0.1) is 0 Å². The van der Waals surface area contributed by atoms with Gasteiger partial charge in [-0.1, -0.05) is 61.3 Å². The zero-order valence-corrected chi connectivity index (χ0v) is 16.3. The number of rotatable bonds is 9. The van der Waals surface area contributed by atoms with Gasteiger partial charge in [0.15, 0.2) is 12.3 Å². The SMILES string of the molecule is CCCCC=Cc1nc(CON=C(c2ccccc2)c2nnnn2C)cs1. The molecule has 0 unspecified atom stereocenters. The number of hydrogen-bond donors (Lipinski definition) is 0. The van der Waals surface area contributed by atoms with Gasteiger partial charge in [-0.3, -0.25) is 0 Å². The summed E-state index contributed by atoms with van der Waals surface area (Å²) in [4.78, 5) is 10.1. The van der Waals surface area contributed by atoms with Gasteiger partial charge in [-0.15, -0.1) is 16.4 Å². The van der Waals surface area contributed by atoms with Crippen molar-refractivity contribution in [1.29, 1.82) is 0 Å². The Morgan fingerprint density at radius 1 is 1.30 bits per heavy atom. The second-order valence-electron chi connectivity index (χ2n) is 5.93. The van der Waals surface area contributed by atoms with Crippen molar-refractivity contribution in [2.45, 2.75) is 32.8 Å². The molecule has 0 bridgehead atoms. The maximum Gasteiger partial charge on any atom is 0.204 e. The maximum absolute atomic E-state index is 5.57. The number of hydrogen-bond acceptors (Lipinski definition) is 7. The van der Waals surface area contributed by atoms with Crippen molar-refractivity contribution < 1.29 is 4.84 Å². The number of tetrazole rings is 1. The maximum atomic E-state index is 5.57. The van der Waals surface area contributed by atoms with E-state index in [2.05, 4.69) is 44.7 Å². The van der Waals surface area contributed by atoms with Crippen molar-refractivity contribution in [3.8, 4) is 0 Å². The average Bonchev–Trinajstić information content (AvgIpc) is 3.32. The zero-order valence-electron chi connectivity index (χ0n) is 15.4. The van der Waals surface area contributed by atoms with Gasteiger partial charge in [0.25, 0.3) is 0 Å². The molecule has 0 fully saturated rings. The van der Waals surface area contributed by atoms with Gasteiger partial charge in [0.2, 0.25) is 5.82 Å². The van der Waals surface area contributed by atoms with Gasteiger partial charge in [0.05, 0.1) is 5.69 Å². The lowest BCUT2D eigenvalue weighted by atomic mass is 10.1. The van der Waals surface area contributed by atoms with Crippen LogP contribution in [-0.4, -0.2) is 30.9 Å². The molecule has 0 aliphatic heterocycles. The molecule has 3 rings (SSSR count). The van der Waals surface area contributed by atoms with Crippen LogP contribution in [0.15, 0.2) is 46.9 Å². The summed E-state index contributed by atoms with van der Waals surface area (Å²) < 4.78 is 1.57. The molecule has 0 amide bonds. The lowest BCUT2D eigenvalue weighted by Crippen LogP contribution is -2.12. The van der Waals surface area contributed by atoms with Gasteiger partial charge in [0, 0.05) is 18.0 Å². The smallest absolute Gasteiger partial charge is 0.204 e. The minimum Gasteiger partial charge on any atom is -0.389 e. The minimum absolute atomic E-state index is 0.293. The first-order valence-electron chi connectivity index (χ1n) is 8.87. The molecule has 0 saturated heterocycles. The molecular formula is C19H22N6OS. The van der Waals surface area contributed by atoms with Gasteiger partial charge in [-0.25, -0.2) is 9.67 Å². The number of allylic oxidation sites excluding steroid dienone is 1. The molecule has 8 heteroatoms. The summed E-state index contributed by atoms with van der Waals surface area (Å²) in [5.74, 6) is 0.541. The summed E-state index contributed by atoms with van der Waals surface area (Å²) >= 11 is 1.60. The molecule has 3 aromatic rings. The molecule has 0 aliphatic carbocycles. The molecule has 0 saturated carbocycles. The molecule has 140 valence electrons. The van der Waals surface area contributed by atoms with E-state index >= 15 is 0 Å². The van der Waals surface area contributed by atoms with Crippen molar-refractivity contribution in [3.05, 3.63) is 63.9 Å². The summed E-state index contributed by atoms with van der Waals surface area (Å²) in [6, 6.07) is 9.71. The second-order valence-corrected chi connectivity index (χ2v) is 6.82. The molecule has 0 aliphatic rings. The van der Waals surface area contributed by atoms with Crippen molar-refractivity contribution >= 4 is 23.1 Å². The molecule has 1 aromatic carbocycles. The van der Waals surface area contributed by atoms with Crippen LogP contribution in [0.2, 0.25) is 0 Å². The predicted molar refractivity (Wildman–Crippen MR) is 106 cm³/mol. The summed E-state index contributed by atoms with van der Waals surface area (Å²) in [7, 11) is 1.77. The Hall–Kier alpha value is -2.87. The number of aryl methyl sites for hydroxylation is 1. The van der Waals surface area contributed by atoms with Crippen LogP contribution in [0.3, 0.4) is 0 Å². The van der Waals surface area contributed by atoms with E-state index in [4.69, 9.17) is 4.84 Å². The van der Waals surface area contributed by atoms with Gasteiger partial charge in [-0.05, 0) is 22.9 Å². The van der Waals surface area contributed by atoms with E-state index < -0.39 is 0 Å². The van der Waals surface area contributed by atoms with Gasteiger partial charge in [0.1, 0.15) is 5.01 Å². The topological polar surface area (TPSA) is 78.1 Å². The first-order valence-corrected chi connectivity index (χ1v) is 9.75. The molecule has 2 heterocycles. The Morgan fingerprint density at radius 2 is 2.15 bits per heavy atom. The van der Waals surface area contributed by atoms with Crippen LogP contribution in [-0.2, 0) is 18.5 Å². The van der Waals surface area contributed by atoms with Crippen molar-refractivity contribution in [3.63, 3.8) is 0 Å². The summed E-state index contributed by atoms with van der Waals surface area (Å²) in [5.41, 5.74) is 2.31. The van der Waals surface area contributed by atoms with Crippen molar-refractivity contribution in [2.75, 3.05) is 0 Å². The Bertz CT molecular complexity index is 900. The summed E-state index contributed by atoms with van der Waals surface area (Å²) in [5, 5.41) is 18.9. The van der Waals surface area contributed by atoms with Gasteiger partial charge < -0.3 is 4.84 Å². The molecule has 0 spiro atoms. The number of aromatic nitrogens is 5. The van der Waals surface area contributed by atoms with E-state index in [0.29, 0.717) is 18.1 Å². The van der Waals surface area contributed by atoms with E-state index in [0.717, 1.165) is 22.7 Å². The Morgan fingerprint density at radius 3 is 2.89 bits per heavy atom. The lowest BCUT2D eigenvalue weighted by molar-refractivity contribution is 0.128. The molecule has 0 radical (unpaired) electrons. The standard InChI is InChI=1S/C19H22N6OS/c1-3-4-5-9-12-17-20-16(14-27-17)13-26-22-18(15-10-7-6-8-11-15)19-21-23-24-25(19)2/h6-12,14H,3-5,13H2,1-2H3. The zero-order chi connectivity index (χ0) is 18.9. The number of thiazole rings is 1. The van der Waals surface area contributed by atoms with E-state index in [1.165, 1.54) is 12.8 Å². The third kappa shape index (κ3) is 5.30. The van der Waals surface area contributed by atoms with Crippen LogP contribution in [0.1, 0.15) is 48.3 Å². The predicted octanol–water partition coefficient (Wildman–Crippen LogP) is 3.84. The van der Waals surface area contributed by atoms with Crippen LogP contribution < -0.4 is 0 Å². The quantitative estimate of drug-likeness (QED) is 0.319. The Kier molecular flexibility index (Phi) is 6.81. The Balaban J connectivity index is 1.68. The highest BCUT2D eigenvalue weighted by Gasteiger charge is 2.14. The lowest BCUT2D eigenvalue weighted by Gasteiger charge is -2.05. The van der Waals surface area contributed by atoms with Crippen LogP contribution in [0.4, 0.5) is 0 Å². The fourth-order valence-corrected chi connectivity index (χ4v) is 3.11. The first kappa shape index (κ1) is 18.9. The number of benzene rings is 1. The summed E-state index contributed by atoms with van der Waals surface area (Å²) in [6.07, 6.45) is 7.71. The van der Waals surface area contributed by atoms with Crippen LogP contribution in [0.5, 0.6) is 0 Å². The average molecular weight is 382 g/mol. The van der Waals surface area contributed by atoms with Gasteiger partial charge >= 0.3 is 0 Å². The van der Waals surface area contributed by atoms with Crippen molar-refractivity contribution in [2.24, 2.45) is 12.2 Å². The fourth-order valence-electron chi connectivity index (χ4n) is 2.38. The molecule has 7 nitrogen and oxygen atoms in total.